The van der Waals surface area contributed by atoms with Crippen LogP contribution < -0.4 is 0 Å². The third kappa shape index (κ3) is 3.07. The van der Waals surface area contributed by atoms with Crippen LogP contribution in [0.4, 0.5) is 0 Å². The van der Waals surface area contributed by atoms with Gasteiger partial charge in [0.15, 0.2) is 0 Å². The van der Waals surface area contributed by atoms with Crippen LogP contribution >= 0.6 is 0 Å². The molecule has 1 aromatic rings. The van der Waals surface area contributed by atoms with Crippen molar-refractivity contribution in [3.05, 3.63) is 34.9 Å². The van der Waals surface area contributed by atoms with E-state index in [2.05, 4.69) is 33.8 Å². The largest absolute Gasteiger partial charge is 0.388 e. The van der Waals surface area contributed by atoms with Gasteiger partial charge in [0.2, 0.25) is 0 Å². The maximum absolute atomic E-state index is 10.1. The minimum Gasteiger partial charge on any atom is -0.388 e. The molecule has 0 bridgehead atoms. The van der Waals surface area contributed by atoms with Crippen molar-refractivity contribution in [2.45, 2.75) is 46.6 Å². The van der Waals surface area contributed by atoms with E-state index in [1.807, 2.05) is 12.1 Å². The molecule has 0 fully saturated rings. The molecule has 0 saturated carbocycles. The minimum atomic E-state index is -0.306. The second-order valence-electron chi connectivity index (χ2n) is 4.55. The molecule has 15 heavy (non-hydrogen) atoms. The molecule has 0 aliphatic heterocycles. The van der Waals surface area contributed by atoms with Crippen LogP contribution in [0.3, 0.4) is 0 Å². The fourth-order valence-corrected chi connectivity index (χ4v) is 1.81. The van der Waals surface area contributed by atoms with Crippen molar-refractivity contribution >= 4 is 0 Å². The van der Waals surface area contributed by atoms with Crippen LogP contribution in [0.1, 0.15) is 49.5 Å². The third-order valence-corrected chi connectivity index (χ3v) is 3.33. The number of hydrogen-bond donors (Lipinski definition) is 1. The number of aliphatic hydroxyl groups excluding tert-OH is 1. The van der Waals surface area contributed by atoms with Gasteiger partial charge >= 0.3 is 0 Å². The Labute approximate surface area is 93.1 Å². The topological polar surface area (TPSA) is 20.2 Å². The van der Waals surface area contributed by atoms with Gasteiger partial charge in [0.05, 0.1) is 6.10 Å². The molecule has 0 heterocycles. The number of aliphatic hydroxyl groups is 1. The molecule has 2 unspecified atom stereocenters. The highest BCUT2D eigenvalue weighted by atomic mass is 16.3. The Hall–Kier alpha value is -0.820. The number of hydrogen-bond acceptors (Lipinski definition) is 1. The van der Waals surface area contributed by atoms with Crippen molar-refractivity contribution in [2.75, 3.05) is 0 Å². The molecule has 2 atom stereocenters. The molecular formula is C14H22O. The summed E-state index contributed by atoms with van der Waals surface area (Å²) in [5.74, 6) is 0.583. The molecular weight excluding hydrogens is 184 g/mol. The zero-order valence-corrected chi connectivity index (χ0v) is 10.2. The summed E-state index contributed by atoms with van der Waals surface area (Å²) in [4.78, 5) is 0. The summed E-state index contributed by atoms with van der Waals surface area (Å²) in [5, 5.41) is 10.1. The van der Waals surface area contributed by atoms with Gasteiger partial charge in [0.25, 0.3) is 0 Å². The van der Waals surface area contributed by atoms with Crippen LogP contribution in [0, 0.1) is 19.8 Å². The van der Waals surface area contributed by atoms with Gasteiger partial charge in [-0.2, -0.15) is 0 Å². The van der Waals surface area contributed by atoms with Gasteiger partial charge in [0, 0.05) is 0 Å². The van der Waals surface area contributed by atoms with E-state index in [0.29, 0.717) is 5.92 Å². The van der Waals surface area contributed by atoms with Crippen LogP contribution in [0.5, 0.6) is 0 Å². The van der Waals surface area contributed by atoms with Gasteiger partial charge < -0.3 is 5.11 Å². The lowest BCUT2D eigenvalue weighted by Gasteiger charge is -2.18. The minimum absolute atomic E-state index is 0.306. The monoisotopic (exact) mass is 206 g/mol. The molecule has 0 aliphatic carbocycles. The highest BCUT2D eigenvalue weighted by Gasteiger charge is 2.13. The number of benzene rings is 1. The van der Waals surface area contributed by atoms with Crippen molar-refractivity contribution in [1.29, 1.82) is 0 Å². The Bertz CT molecular complexity index is 317. The van der Waals surface area contributed by atoms with Gasteiger partial charge in [-0.15, -0.1) is 0 Å². The molecule has 84 valence electrons. The molecule has 0 aromatic heterocycles. The van der Waals surface area contributed by atoms with Gasteiger partial charge in [-0.3, -0.25) is 0 Å². The molecule has 0 saturated heterocycles. The first kappa shape index (κ1) is 12.3. The van der Waals surface area contributed by atoms with E-state index in [4.69, 9.17) is 0 Å². The summed E-state index contributed by atoms with van der Waals surface area (Å²) >= 11 is 0. The molecule has 0 amide bonds. The van der Waals surface area contributed by atoms with Crippen LogP contribution in [0.2, 0.25) is 0 Å². The van der Waals surface area contributed by atoms with Crippen LogP contribution in [0.25, 0.3) is 0 Å². The summed E-state index contributed by atoms with van der Waals surface area (Å²) < 4.78 is 0. The van der Waals surface area contributed by atoms with Gasteiger partial charge in [-0.05, 0) is 42.9 Å². The third-order valence-electron chi connectivity index (χ3n) is 3.33. The lowest BCUT2D eigenvalue weighted by atomic mass is 9.92. The average molecular weight is 206 g/mol. The fourth-order valence-electron chi connectivity index (χ4n) is 1.81. The lowest BCUT2D eigenvalue weighted by molar-refractivity contribution is 0.146. The summed E-state index contributed by atoms with van der Waals surface area (Å²) in [7, 11) is 0. The normalized spacial score (nSPS) is 15.0. The van der Waals surface area contributed by atoms with Crippen LogP contribution in [0.15, 0.2) is 18.2 Å². The first-order valence-electron chi connectivity index (χ1n) is 5.80. The first-order valence-corrected chi connectivity index (χ1v) is 5.80. The smallest absolute Gasteiger partial charge is 0.0795 e. The Morgan fingerprint density at radius 1 is 1.27 bits per heavy atom. The Kier molecular flexibility index (Phi) is 4.34. The molecule has 1 rings (SSSR count). The molecule has 0 aliphatic rings. The predicted molar refractivity (Wildman–Crippen MR) is 64.9 cm³/mol. The Balaban J connectivity index is 2.82. The summed E-state index contributed by atoms with van der Waals surface area (Å²) in [6, 6.07) is 6.15. The van der Waals surface area contributed by atoms with Gasteiger partial charge in [0.1, 0.15) is 0 Å². The van der Waals surface area contributed by atoms with Crippen LogP contribution in [-0.2, 0) is 0 Å². The number of rotatable bonds is 4. The van der Waals surface area contributed by atoms with Crippen molar-refractivity contribution in [2.24, 2.45) is 5.92 Å². The van der Waals surface area contributed by atoms with E-state index in [0.717, 1.165) is 18.4 Å². The van der Waals surface area contributed by atoms with Gasteiger partial charge in [-0.1, -0.05) is 38.5 Å². The van der Waals surface area contributed by atoms with Gasteiger partial charge in [-0.25, -0.2) is 0 Å². The van der Waals surface area contributed by atoms with Crippen molar-refractivity contribution in [1.82, 2.24) is 0 Å². The molecule has 1 aromatic carbocycles. The summed E-state index contributed by atoms with van der Waals surface area (Å²) in [6.45, 7) is 8.54. The Morgan fingerprint density at radius 2 is 1.93 bits per heavy atom. The second-order valence-corrected chi connectivity index (χ2v) is 4.55. The van der Waals surface area contributed by atoms with Crippen LogP contribution in [-0.4, -0.2) is 5.11 Å². The van der Waals surface area contributed by atoms with Crippen molar-refractivity contribution in [3.63, 3.8) is 0 Å². The number of aryl methyl sites for hydroxylation is 1. The fraction of sp³-hybridized carbons (Fsp3) is 0.571. The van der Waals surface area contributed by atoms with E-state index in [-0.39, 0.29) is 6.10 Å². The molecule has 0 radical (unpaired) electrons. The zero-order valence-electron chi connectivity index (χ0n) is 10.2. The van der Waals surface area contributed by atoms with Crippen molar-refractivity contribution < 1.29 is 5.11 Å². The molecule has 1 heteroatoms. The standard InChI is InChI=1S/C14H22O/c1-5-10(2)9-14(15)13-8-6-7-11(3)12(13)4/h6-8,10,14-15H,5,9H2,1-4H3. The quantitative estimate of drug-likeness (QED) is 0.795. The highest BCUT2D eigenvalue weighted by molar-refractivity contribution is 5.34. The first-order chi connectivity index (χ1) is 7.06. The predicted octanol–water partition coefficient (Wildman–Crippen LogP) is 3.77. The maximum atomic E-state index is 10.1. The zero-order chi connectivity index (χ0) is 11.4. The van der Waals surface area contributed by atoms with E-state index >= 15 is 0 Å². The van der Waals surface area contributed by atoms with Crippen molar-refractivity contribution in [3.8, 4) is 0 Å². The maximum Gasteiger partial charge on any atom is 0.0795 e. The average Bonchev–Trinajstić information content (AvgIpc) is 2.21. The summed E-state index contributed by atoms with van der Waals surface area (Å²) in [6.07, 6.45) is 1.68. The molecule has 1 nitrogen and oxygen atoms in total. The SMILES string of the molecule is CCC(C)CC(O)c1cccc(C)c1C. The molecule has 0 spiro atoms. The highest BCUT2D eigenvalue weighted by Crippen LogP contribution is 2.26. The van der Waals surface area contributed by atoms with E-state index in [1.54, 1.807) is 0 Å². The van der Waals surface area contributed by atoms with E-state index < -0.39 is 0 Å². The van der Waals surface area contributed by atoms with E-state index in [9.17, 15) is 5.11 Å². The lowest BCUT2D eigenvalue weighted by Crippen LogP contribution is -2.06. The summed E-state index contributed by atoms with van der Waals surface area (Å²) in [5.41, 5.74) is 3.58. The van der Waals surface area contributed by atoms with E-state index in [1.165, 1.54) is 11.1 Å². The second kappa shape index (κ2) is 5.32. The Morgan fingerprint density at radius 3 is 2.53 bits per heavy atom. The molecule has 1 N–H and O–H groups in total.